The quantitative estimate of drug-likeness (QED) is 0.854. The van der Waals surface area contributed by atoms with Gasteiger partial charge in [-0.2, -0.15) is 0 Å². The van der Waals surface area contributed by atoms with Crippen molar-refractivity contribution in [2.45, 2.75) is 19.9 Å². The fourth-order valence-electron chi connectivity index (χ4n) is 1.95. The van der Waals surface area contributed by atoms with E-state index in [0.29, 0.717) is 28.4 Å². The molecule has 0 amide bonds. The lowest BCUT2D eigenvalue weighted by atomic mass is 10.1. The third kappa shape index (κ3) is 2.09. The Labute approximate surface area is 112 Å². The summed E-state index contributed by atoms with van der Waals surface area (Å²) in [4.78, 5) is 0. The maximum absolute atomic E-state index is 14.0. The molecule has 0 aliphatic carbocycles. The van der Waals surface area contributed by atoms with Crippen molar-refractivity contribution in [2.75, 3.05) is 7.05 Å². The molecular formula is C12H12BrClFNO. The van der Waals surface area contributed by atoms with Gasteiger partial charge < -0.3 is 9.73 Å². The summed E-state index contributed by atoms with van der Waals surface area (Å²) in [6.45, 7) is 2.54. The highest BCUT2D eigenvalue weighted by molar-refractivity contribution is 9.10. The zero-order valence-corrected chi connectivity index (χ0v) is 11.9. The van der Waals surface area contributed by atoms with Crippen LogP contribution in [0.1, 0.15) is 18.2 Å². The zero-order valence-electron chi connectivity index (χ0n) is 9.53. The van der Waals surface area contributed by atoms with Crippen LogP contribution in [-0.4, -0.2) is 7.05 Å². The van der Waals surface area contributed by atoms with Gasteiger partial charge in [-0.3, -0.25) is 0 Å². The molecule has 1 aromatic heterocycles. The zero-order chi connectivity index (χ0) is 12.6. The number of halogens is 3. The highest BCUT2D eigenvalue weighted by atomic mass is 79.9. The Morgan fingerprint density at radius 2 is 2.24 bits per heavy atom. The first-order chi connectivity index (χ1) is 8.10. The smallest absolute Gasteiger partial charge is 0.153 e. The molecule has 1 N–H and O–H groups in total. The van der Waals surface area contributed by atoms with E-state index in [0.717, 1.165) is 11.3 Å². The molecule has 0 aliphatic heterocycles. The lowest BCUT2D eigenvalue weighted by Gasteiger charge is -2.00. The van der Waals surface area contributed by atoms with E-state index >= 15 is 0 Å². The SMILES string of the molecule is CCc1c(CNC)oc2c(Br)cc(Cl)c(F)c12. The summed E-state index contributed by atoms with van der Waals surface area (Å²) >= 11 is 9.19. The Morgan fingerprint density at radius 1 is 1.53 bits per heavy atom. The fourth-order valence-corrected chi connectivity index (χ4v) is 2.79. The minimum absolute atomic E-state index is 0.107. The number of rotatable bonds is 3. The molecule has 0 atom stereocenters. The molecule has 92 valence electrons. The van der Waals surface area contributed by atoms with Gasteiger partial charge in [-0.15, -0.1) is 0 Å². The van der Waals surface area contributed by atoms with Crippen molar-refractivity contribution in [1.29, 1.82) is 0 Å². The van der Waals surface area contributed by atoms with E-state index < -0.39 is 5.82 Å². The summed E-state index contributed by atoms with van der Waals surface area (Å²) in [5.41, 5.74) is 1.39. The van der Waals surface area contributed by atoms with E-state index in [-0.39, 0.29) is 5.02 Å². The van der Waals surface area contributed by atoms with E-state index in [4.69, 9.17) is 16.0 Å². The van der Waals surface area contributed by atoms with E-state index in [9.17, 15) is 4.39 Å². The second-order valence-electron chi connectivity index (χ2n) is 3.75. The molecule has 0 spiro atoms. The highest BCUT2D eigenvalue weighted by Gasteiger charge is 2.20. The van der Waals surface area contributed by atoms with Crippen molar-refractivity contribution in [3.8, 4) is 0 Å². The van der Waals surface area contributed by atoms with Gasteiger partial charge in [0.05, 0.1) is 21.4 Å². The summed E-state index contributed by atoms with van der Waals surface area (Å²) in [6, 6.07) is 1.52. The lowest BCUT2D eigenvalue weighted by molar-refractivity contribution is 0.523. The van der Waals surface area contributed by atoms with Crippen molar-refractivity contribution in [2.24, 2.45) is 0 Å². The number of aryl methyl sites for hydroxylation is 1. The number of furan rings is 1. The maximum Gasteiger partial charge on any atom is 0.153 e. The number of benzene rings is 1. The maximum atomic E-state index is 14.0. The van der Waals surface area contributed by atoms with Crippen molar-refractivity contribution in [3.05, 3.63) is 32.7 Å². The molecule has 1 heterocycles. The third-order valence-corrected chi connectivity index (χ3v) is 3.55. The molecule has 1 aromatic carbocycles. The topological polar surface area (TPSA) is 25.2 Å². The summed E-state index contributed by atoms with van der Waals surface area (Å²) < 4.78 is 20.4. The van der Waals surface area contributed by atoms with Crippen molar-refractivity contribution < 1.29 is 8.81 Å². The molecule has 2 aromatic rings. The molecule has 0 aliphatic rings. The summed E-state index contributed by atoms with van der Waals surface area (Å²) in [7, 11) is 1.82. The highest BCUT2D eigenvalue weighted by Crippen LogP contribution is 2.37. The Morgan fingerprint density at radius 3 is 2.82 bits per heavy atom. The standard InChI is InChI=1S/C12H12BrClFNO/c1-3-6-9(5-16-2)17-12-7(13)4-8(14)11(15)10(6)12/h4,16H,3,5H2,1-2H3. The van der Waals surface area contributed by atoms with Gasteiger partial charge in [-0.1, -0.05) is 18.5 Å². The van der Waals surface area contributed by atoms with Crippen LogP contribution in [0, 0.1) is 5.82 Å². The summed E-state index contributed by atoms with van der Waals surface area (Å²) in [5.74, 6) is 0.347. The fraction of sp³-hybridized carbons (Fsp3) is 0.333. The van der Waals surface area contributed by atoms with Crippen LogP contribution >= 0.6 is 27.5 Å². The molecule has 0 saturated carbocycles. The van der Waals surface area contributed by atoms with Crippen LogP contribution in [0.15, 0.2) is 15.0 Å². The van der Waals surface area contributed by atoms with Gasteiger partial charge in [-0.05, 0) is 35.5 Å². The van der Waals surface area contributed by atoms with Crippen LogP contribution in [0.3, 0.4) is 0 Å². The van der Waals surface area contributed by atoms with E-state index in [1.54, 1.807) is 0 Å². The van der Waals surface area contributed by atoms with Gasteiger partial charge in [0, 0.05) is 5.56 Å². The lowest BCUT2D eigenvalue weighted by Crippen LogP contribution is -2.05. The van der Waals surface area contributed by atoms with Crippen LogP contribution in [0.4, 0.5) is 4.39 Å². The molecular weight excluding hydrogens is 308 g/mol. The molecule has 2 rings (SSSR count). The number of hydrogen-bond donors (Lipinski definition) is 1. The van der Waals surface area contributed by atoms with Crippen LogP contribution in [0.2, 0.25) is 5.02 Å². The molecule has 0 unspecified atom stereocenters. The molecule has 0 radical (unpaired) electrons. The normalized spacial score (nSPS) is 11.4. The number of nitrogens with one attached hydrogen (secondary N) is 1. The number of hydrogen-bond acceptors (Lipinski definition) is 2. The second kappa shape index (κ2) is 4.96. The Bertz CT molecular complexity index is 567. The minimum Gasteiger partial charge on any atom is -0.458 e. The van der Waals surface area contributed by atoms with Gasteiger partial charge in [0.1, 0.15) is 5.76 Å². The molecule has 0 bridgehead atoms. The molecule has 17 heavy (non-hydrogen) atoms. The average molecular weight is 321 g/mol. The first kappa shape index (κ1) is 12.9. The van der Waals surface area contributed by atoms with Crippen molar-refractivity contribution >= 4 is 38.5 Å². The predicted molar refractivity (Wildman–Crippen MR) is 71.0 cm³/mol. The molecule has 0 saturated heterocycles. The van der Waals surface area contributed by atoms with Gasteiger partial charge in [0.15, 0.2) is 11.4 Å². The van der Waals surface area contributed by atoms with Crippen LogP contribution < -0.4 is 5.32 Å². The van der Waals surface area contributed by atoms with Crippen LogP contribution in [0.5, 0.6) is 0 Å². The molecule has 0 fully saturated rings. The van der Waals surface area contributed by atoms with Crippen LogP contribution in [0.25, 0.3) is 11.0 Å². The molecule has 2 nitrogen and oxygen atoms in total. The van der Waals surface area contributed by atoms with Gasteiger partial charge >= 0.3 is 0 Å². The van der Waals surface area contributed by atoms with Crippen molar-refractivity contribution in [1.82, 2.24) is 5.32 Å². The van der Waals surface area contributed by atoms with Gasteiger partial charge in [0.25, 0.3) is 0 Å². The summed E-state index contributed by atoms with van der Waals surface area (Å²) in [5, 5.41) is 3.60. The van der Waals surface area contributed by atoms with Gasteiger partial charge in [-0.25, -0.2) is 4.39 Å². The predicted octanol–water partition coefficient (Wildman–Crippen LogP) is 4.27. The van der Waals surface area contributed by atoms with Crippen molar-refractivity contribution in [3.63, 3.8) is 0 Å². The van der Waals surface area contributed by atoms with E-state index in [1.165, 1.54) is 6.07 Å². The Hall–Kier alpha value is -0.580. The largest absolute Gasteiger partial charge is 0.458 e. The first-order valence-electron chi connectivity index (χ1n) is 5.32. The second-order valence-corrected chi connectivity index (χ2v) is 5.01. The Balaban J connectivity index is 2.82. The van der Waals surface area contributed by atoms with Gasteiger partial charge in [0.2, 0.25) is 0 Å². The average Bonchev–Trinajstić information content (AvgIpc) is 2.66. The van der Waals surface area contributed by atoms with E-state index in [2.05, 4.69) is 21.2 Å². The monoisotopic (exact) mass is 319 g/mol. The minimum atomic E-state index is -0.409. The third-order valence-electron chi connectivity index (χ3n) is 2.68. The molecule has 5 heteroatoms. The number of fused-ring (bicyclic) bond motifs is 1. The first-order valence-corrected chi connectivity index (χ1v) is 6.49. The van der Waals surface area contributed by atoms with E-state index in [1.807, 2.05) is 14.0 Å². The van der Waals surface area contributed by atoms with Crippen LogP contribution in [-0.2, 0) is 13.0 Å². The summed E-state index contributed by atoms with van der Waals surface area (Å²) in [6.07, 6.45) is 0.702. The Kier molecular flexibility index (Phi) is 3.76.